The van der Waals surface area contributed by atoms with E-state index in [1.165, 1.54) is 11.3 Å². The third-order valence-electron chi connectivity index (χ3n) is 6.33. The molecule has 38 heavy (non-hydrogen) atoms. The van der Waals surface area contributed by atoms with E-state index in [0.29, 0.717) is 34.7 Å². The topological polar surface area (TPSA) is 84.6 Å². The van der Waals surface area contributed by atoms with Crippen molar-refractivity contribution in [3.8, 4) is 0 Å². The highest BCUT2D eigenvalue weighted by atomic mass is 35.5. The van der Waals surface area contributed by atoms with E-state index in [4.69, 9.17) is 11.6 Å². The molecule has 0 atom stereocenters. The lowest BCUT2D eigenvalue weighted by Crippen LogP contribution is -2.48. The van der Waals surface area contributed by atoms with Crippen LogP contribution in [0.25, 0.3) is 0 Å². The van der Waals surface area contributed by atoms with Crippen molar-refractivity contribution in [2.75, 3.05) is 47.6 Å². The number of carbonyl (C=O) groups is 2. The third kappa shape index (κ3) is 5.98. The molecule has 196 valence electrons. The number of nitrogens with one attached hydrogen (secondary N) is 2. The minimum atomic E-state index is -0.239. The summed E-state index contributed by atoms with van der Waals surface area (Å²) < 4.78 is 0.621. The van der Waals surface area contributed by atoms with Crippen molar-refractivity contribution in [2.24, 2.45) is 0 Å². The number of nitrogens with zero attached hydrogens (tertiary/aromatic N) is 4. The molecule has 1 aliphatic rings. The molecule has 11 heteroatoms. The van der Waals surface area contributed by atoms with Crippen molar-refractivity contribution in [2.45, 2.75) is 11.4 Å². The van der Waals surface area contributed by atoms with Crippen LogP contribution in [0.5, 0.6) is 0 Å². The first-order chi connectivity index (χ1) is 18.5. The lowest BCUT2D eigenvalue weighted by atomic mass is 10.2. The highest BCUT2D eigenvalue weighted by Gasteiger charge is 2.24. The Balaban J connectivity index is 1.28. The van der Waals surface area contributed by atoms with Gasteiger partial charge in [-0.2, -0.15) is 0 Å². The van der Waals surface area contributed by atoms with Crippen LogP contribution in [0.2, 0.25) is 4.34 Å². The number of aromatic amines is 1. The summed E-state index contributed by atoms with van der Waals surface area (Å²) in [6.07, 6.45) is 5.40. The summed E-state index contributed by atoms with van der Waals surface area (Å²) >= 11 is 8.89. The van der Waals surface area contributed by atoms with Crippen LogP contribution < -0.4 is 15.1 Å². The van der Waals surface area contributed by atoms with E-state index in [2.05, 4.69) is 20.2 Å². The number of carbonyl (C=O) groups excluding carboxylic acids is 2. The predicted molar refractivity (Wildman–Crippen MR) is 156 cm³/mol. The number of imidazole rings is 1. The number of thioether (sulfide) groups is 1. The lowest BCUT2D eigenvalue weighted by molar-refractivity contribution is 0.0751. The molecule has 5 rings (SSSR count). The summed E-state index contributed by atoms with van der Waals surface area (Å²) in [4.78, 5) is 41.0. The monoisotopic (exact) mass is 566 g/mol. The largest absolute Gasteiger partial charge is 0.368 e. The summed E-state index contributed by atoms with van der Waals surface area (Å²) in [5.74, 6) is 0.717. The zero-order valence-electron chi connectivity index (χ0n) is 20.8. The SMILES string of the molecule is CSc1ccccc1NC(=O)N(Cc1ncc[nH]1)c1ccc(N2CCN(C(=O)c3ccc(Cl)s3)CC2)cc1. The van der Waals surface area contributed by atoms with Gasteiger partial charge in [-0.1, -0.05) is 23.7 Å². The van der Waals surface area contributed by atoms with Gasteiger partial charge in [-0.05, 0) is 54.8 Å². The molecule has 2 N–H and O–H groups in total. The molecule has 3 amide bonds. The molecule has 8 nitrogen and oxygen atoms in total. The van der Waals surface area contributed by atoms with Crippen molar-refractivity contribution in [1.29, 1.82) is 0 Å². The third-order valence-corrected chi connectivity index (χ3v) is 8.35. The second-order valence-electron chi connectivity index (χ2n) is 8.65. The maximum atomic E-state index is 13.4. The van der Waals surface area contributed by atoms with E-state index in [1.807, 2.05) is 59.7 Å². The second-order valence-corrected chi connectivity index (χ2v) is 11.2. The number of anilines is 3. The zero-order valence-corrected chi connectivity index (χ0v) is 23.2. The number of piperazine rings is 1. The van der Waals surface area contributed by atoms with E-state index >= 15 is 0 Å². The Bertz CT molecular complexity index is 1380. The molecule has 4 aromatic rings. The molecule has 2 aromatic heterocycles. The van der Waals surface area contributed by atoms with E-state index in [0.717, 1.165) is 35.0 Å². The summed E-state index contributed by atoms with van der Waals surface area (Å²) in [7, 11) is 0. The fourth-order valence-corrected chi connectivity index (χ4v) is 5.91. The lowest BCUT2D eigenvalue weighted by Gasteiger charge is -2.36. The van der Waals surface area contributed by atoms with Crippen LogP contribution in [-0.4, -0.2) is 59.2 Å². The Morgan fingerprint density at radius 1 is 1.08 bits per heavy atom. The van der Waals surface area contributed by atoms with Crippen LogP contribution in [0.3, 0.4) is 0 Å². The predicted octanol–water partition coefficient (Wildman–Crippen LogP) is 6.05. The van der Waals surface area contributed by atoms with Gasteiger partial charge < -0.3 is 20.1 Å². The van der Waals surface area contributed by atoms with Crippen LogP contribution in [0.4, 0.5) is 21.9 Å². The number of thiophene rings is 1. The Kier molecular flexibility index (Phi) is 8.21. The van der Waals surface area contributed by atoms with Crippen molar-refractivity contribution >= 4 is 63.7 Å². The molecular formula is C27H27ClN6O2S2. The quantitative estimate of drug-likeness (QED) is 0.266. The van der Waals surface area contributed by atoms with E-state index < -0.39 is 0 Å². The zero-order chi connectivity index (χ0) is 26.5. The van der Waals surface area contributed by atoms with E-state index in [1.54, 1.807) is 41.2 Å². The van der Waals surface area contributed by atoms with E-state index in [-0.39, 0.29) is 11.9 Å². The molecule has 1 fully saturated rings. The van der Waals surface area contributed by atoms with Crippen LogP contribution in [0.15, 0.2) is 78.0 Å². The van der Waals surface area contributed by atoms with Gasteiger partial charge in [-0.15, -0.1) is 23.1 Å². The molecule has 3 heterocycles. The molecule has 0 bridgehead atoms. The molecular weight excluding hydrogens is 540 g/mol. The standard InChI is InChI=1S/C27H27ClN6O2S2/c1-37-22-5-3-2-4-21(22)31-27(36)34(18-25-29-12-13-30-25)20-8-6-19(7-9-20)32-14-16-33(17-15-32)26(35)23-10-11-24(28)38-23/h2-13H,14-18H2,1H3,(H,29,30)(H,31,36). The highest BCUT2D eigenvalue weighted by molar-refractivity contribution is 7.98. The number of aromatic nitrogens is 2. The first-order valence-electron chi connectivity index (χ1n) is 12.1. The van der Waals surface area contributed by atoms with Crippen molar-refractivity contribution in [1.82, 2.24) is 14.9 Å². The summed E-state index contributed by atoms with van der Waals surface area (Å²) in [6.45, 7) is 3.03. The summed E-state index contributed by atoms with van der Waals surface area (Å²) in [5, 5.41) is 3.05. The average Bonchev–Trinajstić information content (AvgIpc) is 3.63. The molecule has 1 aliphatic heterocycles. The number of para-hydroxylation sites is 1. The number of hydrogen-bond acceptors (Lipinski definition) is 6. The summed E-state index contributed by atoms with van der Waals surface area (Å²) in [6, 6.07) is 19.0. The number of hydrogen-bond donors (Lipinski definition) is 2. The minimum Gasteiger partial charge on any atom is -0.368 e. The van der Waals surface area contributed by atoms with Gasteiger partial charge in [-0.3, -0.25) is 9.69 Å². The van der Waals surface area contributed by atoms with Crippen LogP contribution in [0, 0.1) is 0 Å². The van der Waals surface area contributed by atoms with Gasteiger partial charge >= 0.3 is 6.03 Å². The summed E-state index contributed by atoms with van der Waals surface area (Å²) in [5.41, 5.74) is 2.57. The maximum Gasteiger partial charge on any atom is 0.326 e. The molecule has 0 saturated carbocycles. The van der Waals surface area contributed by atoms with Gasteiger partial charge in [0.25, 0.3) is 5.91 Å². The Labute approximate surface area is 234 Å². The molecule has 0 spiro atoms. The smallest absolute Gasteiger partial charge is 0.326 e. The number of amides is 3. The van der Waals surface area contributed by atoms with Gasteiger partial charge in [0.2, 0.25) is 0 Å². The Morgan fingerprint density at radius 2 is 1.84 bits per heavy atom. The second kappa shape index (κ2) is 11.9. The van der Waals surface area contributed by atoms with Crippen molar-refractivity contribution in [3.63, 3.8) is 0 Å². The molecule has 0 radical (unpaired) electrons. The van der Waals surface area contributed by atoms with Gasteiger partial charge in [-0.25, -0.2) is 9.78 Å². The maximum absolute atomic E-state index is 13.4. The minimum absolute atomic E-state index is 0.0273. The molecule has 1 saturated heterocycles. The first kappa shape index (κ1) is 26.1. The number of rotatable bonds is 7. The normalized spacial score (nSPS) is 13.4. The Morgan fingerprint density at radius 3 is 2.50 bits per heavy atom. The number of benzene rings is 2. The van der Waals surface area contributed by atoms with Gasteiger partial charge in [0.15, 0.2) is 0 Å². The first-order valence-corrected chi connectivity index (χ1v) is 14.5. The molecule has 0 unspecified atom stereocenters. The average molecular weight is 567 g/mol. The highest BCUT2D eigenvalue weighted by Crippen LogP contribution is 2.28. The van der Waals surface area contributed by atoms with Gasteiger partial charge in [0, 0.05) is 54.8 Å². The van der Waals surface area contributed by atoms with Crippen LogP contribution in [-0.2, 0) is 6.54 Å². The van der Waals surface area contributed by atoms with Crippen LogP contribution in [0.1, 0.15) is 15.5 Å². The fraction of sp³-hybridized carbons (Fsp3) is 0.222. The van der Waals surface area contributed by atoms with E-state index in [9.17, 15) is 9.59 Å². The molecule has 0 aliphatic carbocycles. The van der Waals surface area contributed by atoms with Gasteiger partial charge in [0.05, 0.1) is 21.4 Å². The number of urea groups is 1. The fourth-order valence-electron chi connectivity index (χ4n) is 4.34. The number of halogens is 1. The Hall–Kier alpha value is -3.47. The van der Waals surface area contributed by atoms with Crippen molar-refractivity contribution in [3.05, 3.63) is 88.1 Å². The van der Waals surface area contributed by atoms with Crippen molar-refractivity contribution < 1.29 is 9.59 Å². The number of H-pyrrole nitrogens is 1. The molecule has 2 aromatic carbocycles. The van der Waals surface area contributed by atoms with Crippen LogP contribution >= 0.6 is 34.7 Å². The van der Waals surface area contributed by atoms with Gasteiger partial charge in [0.1, 0.15) is 5.82 Å².